The molecule has 5 rings (SSSR count). The van der Waals surface area contributed by atoms with Gasteiger partial charge in [-0.3, -0.25) is 5.73 Å². The predicted octanol–water partition coefficient (Wildman–Crippen LogP) is 4.84. The third-order valence-corrected chi connectivity index (χ3v) is 8.99. The Labute approximate surface area is 214 Å². The van der Waals surface area contributed by atoms with Crippen molar-refractivity contribution in [3.63, 3.8) is 0 Å². The van der Waals surface area contributed by atoms with Crippen LogP contribution in [0.5, 0.6) is 0 Å². The quantitative estimate of drug-likeness (QED) is 0.527. The van der Waals surface area contributed by atoms with E-state index in [0.717, 1.165) is 58.1 Å². The first-order chi connectivity index (χ1) is 17.1. The molecule has 1 fully saturated rings. The van der Waals surface area contributed by atoms with Crippen LogP contribution in [0.25, 0.3) is 11.3 Å². The van der Waals surface area contributed by atoms with Gasteiger partial charge >= 0.3 is 0 Å². The number of nitrogens with two attached hydrogens (primary N) is 1. The Kier molecular flexibility index (Phi) is 6.72. The molecule has 1 atom stereocenters. The van der Waals surface area contributed by atoms with Gasteiger partial charge in [0.1, 0.15) is 17.0 Å². The summed E-state index contributed by atoms with van der Waals surface area (Å²) in [6.07, 6.45) is 5.22. The molecular formula is C28H26N5S2+. The number of hydrogen-bond acceptors (Lipinski definition) is 6. The number of allylic oxidation sites excluding steroid dienone is 1. The average Bonchev–Trinajstić information content (AvgIpc) is 3.38. The maximum atomic E-state index is 10.4. The van der Waals surface area contributed by atoms with Gasteiger partial charge in [0.05, 0.1) is 22.9 Å². The molecule has 1 spiro atoms. The number of benzene rings is 2. The summed E-state index contributed by atoms with van der Waals surface area (Å²) in [5, 5.41) is 23.4. The van der Waals surface area contributed by atoms with E-state index >= 15 is 0 Å². The van der Waals surface area contributed by atoms with Gasteiger partial charge in [-0.15, -0.1) is 11.3 Å². The van der Waals surface area contributed by atoms with E-state index in [1.807, 2.05) is 42.5 Å². The number of nitrogens with zero attached hydrogens (tertiary/aromatic N) is 3. The van der Waals surface area contributed by atoms with E-state index < -0.39 is 0 Å². The fourth-order valence-electron chi connectivity index (χ4n) is 5.29. The number of thiazole rings is 1. The number of aromatic nitrogens is 1. The van der Waals surface area contributed by atoms with Crippen LogP contribution in [0.2, 0.25) is 0 Å². The van der Waals surface area contributed by atoms with Gasteiger partial charge in [0.2, 0.25) is 0 Å². The minimum absolute atomic E-state index is 0.126. The van der Waals surface area contributed by atoms with Gasteiger partial charge in [0, 0.05) is 22.1 Å². The predicted molar refractivity (Wildman–Crippen MR) is 141 cm³/mol. The lowest BCUT2D eigenvalue weighted by atomic mass is 9.61. The molecule has 2 aliphatic rings. The van der Waals surface area contributed by atoms with E-state index in [2.05, 4.69) is 34.6 Å². The first kappa shape index (κ1) is 23.4. The van der Waals surface area contributed by atoms with Crippen LogP contribution in [0.3, 0.4) is 0 Å². The fraction of sp³-hybridized carbons (Fsp3) is 0.286. The molecule has 174 valence electrons. The molecule has 5 nitrogen and oxygen atoms in total. The van der Waals surface area contributed by atoms with Gasteiger partial charge < -0.3 is 0 Å². The highest BCUT2D eigenvalue weighted by molar-refractivity contribution is 8.02. The van der Waals surface area contributed by atoms with E-state index in [9.17, 15) is 5.26 Å². The Bertz CT molecular complexity index is 1350. The Morgan fingerprint density at radius 3 is 2.46 bits per heavy atom. The van der Waals surface area contributed by atoms with Crippen molar-refractivity contribution >= 4 is 28.9 Å². The maximum absolute atomic E-state index is 10.4. The summed E-state index contributed by atoms with van der Waals surface area (Å²) in [7, 11) is 0. The minimum Gasteiger partial charge on any atom is -0.290 e. The molecule has 1 aromatic heterocycles. The Balaban J connectivity index is 1.50. The lowest BCUT2D eigenvalue weighted by molar-refractivity contribution is -0.391. The largest absolute Gasteiger partial charge is 0.290 e. The molecule has 2 heterocycles. The Hall–Kier alpha value is -3.39. The number of amidine groups is 1. The summed E-state index contributed by atoms with van der Waals surface area (Å²) in [5.74, 6) is 1.25. The van der Waals surface area contributed by atoms with E-state index in [1.165, 1.54) is 6.42 Å². The topological polar surface area (TPSA) is 100 Å². The van der Waals surface area contributed by atoms with Crippen LogP contribution in [0.4, 0.5) is 0 Å². The normalized spacial score (nSPS) is 19.1. The molecule has 0 radical (unpaired) electrons. The van der Waals surface area contributed by atoms with Gasteiger partial charge in [-0.05, 0) is 30.5 Å². The minimum atomic E-state index is -0.332. The molecule has 1 saturated carbocycles. The van der Waals surface area contributed by atoms with Crippen LogP contribution < -0.4 is 10.7 Å². The van der Waals surface area contributed by atoms with Crippen molar-refractivity contribution in [2.24, 2.45) is 11.1 Å². The van der Waals surface area contributed by atoms with Crippen LogP contribution in [0, 0.1) is 28.1 Å². The summed E-state index contributed by atoms with van der Waals surface area (Å²) < 4.78 is 0. The van der Waals surface area contributed by atoms with Crippen molar-refractivity contribution < 1.29 is 4.99 Å². The Morgan fingerprint density at radius 2 is 1.77 bits per heavy atom. The third kappa shape index (κ3) is 4.50. The molecule has 0 unspecified atom stereocenters. The zero-order valence-electron chi connectivity index (χ0n) is 19.3. The molecule has 0 amide bonds. The molecule has 0 saturated heterocycles. The number of thioether (sulfide) groups is 1. The number of nitriles is 2. The summed E-state index contributed by atoms with van der Waals surface area (Å²) in [6.45, 7) is 0. The van der Waals surface area contributed by atoms with Gasteiger partial charge in [-0.1, -0.05) is 73.5 Å². The van der Waals surface area contributed by atoms with Crippen molar-refractivity contribution in [1.82, 2.24) is 4.98 Å². The van der Waals surface area contributed by atoms with E-state index in [0.29, 0.717) is 17.2 Å². The summed E-state index contributed by atoms with van der Waals surface area (Å²) in [5.41, 5.74) is 11.0. The third-order valence-electron chi connectivity index (χ3n) is 7.01. The highest BCUT2D eigenvalue weighted by Gasteiger charge is 2.53. The lowest BCUT2D eigenvalue weighted by Crippen LogP contribution is -2.78. The first-order valence-corrected chi connectivity index (χ1v) is 13.7. The van der Waals surface area contributed by atoms with Crippen LogP contribution in [-0.2, 0) is 5.75 Å². The van der Waals surface area contributed by atoms with Crippen molar-refractivity contribution in [3.05, 3.63) is 86.7 Å². The van der Waals surface area contributed by atoms with Crippen molar-refractivity contribution in [2.45, 2.75) is 43.8 Å². The van der Waals surface area contributed by atoms with Crippen LogP contribution >= 0.6 is 23.1 Å². The highest BCUT2D eigenvalue weighted by Crippen LogP contribution is 2.54. The SMILES string of the molecule is N#CC1=C(SCc2ccc(C#N)cc2)[NH+]=C(N)[C@@H](c2nc(-c3ccccc3)cs2)C12CCCCC2. The molecule has 3 N–H and O–H groups in total. The second kappa shape index (κ2) is 10.1. The van der Waals surface area contributed by atoms with Crippen molar-refractivity contribution in [3.8, 4) is 23.4 Å². The summed E-state index contributed by atoms with van der Waals surface area (Å²) >= 11 is 3.25. The van der Waals surface area contributed by atoms with Gasteiger partial charge in [0.15, 0.2) is 5.03 Å². The van der Waals surface area contributed by atoms with Gasteiger partial charge in [-0.2, -0.15) is 10.5 Å². The van der Waals surface area contributed by atoms with Gasteiger partial charge in [0.25, 0.3) is 5.84 Å². The van der Waals surface area contributed by atoms with Crippen LogP contribution in [-0.4, -0.2) is 10.8 Å². The van der Waals surface area contributed by atoms with Crippen LogP contribution in [0.1, 0.15) is 54.2 Å². The lowest BCUT2D eigenvalue weighted by Gasteiger charge is -2.42. The van der Waals surface area contributed by atoms with Crippen LogP contribution in [0.15, 0.2) is 70.6 Å². The molecule has 0 bridgehead atoms. The molecule has 1 aliphatic carbocycles. The monoisotopic (exact) mass is 496 g/mol. The van der Waals surface area contributed by atoms with Crippen molar-refractivity contribution in [2.75, 3.05) is 0 Å². The molecule has 2 aromatic carbocycles. The second-order valence-electron chi connectivity index (χ2n) is 9.08. The highest BCUT2D eigenvalue weighted by atomic mass is 32.2. The van der Waals surface area contributed by atoms with Crippen molar-refractivity contribution in [1.29, 1.82) is 10.5 Å². The van der Waals surface area contributed by atoms with E-state index in [1.54, 1.807) is 23.1 Å². The second-order valence-corrected chi connectivity index (χ2v) is 11.0. The number of hydrogen-bond donors (Lipinski definition) is 2. The molecule has 35 heavy (non-hydrogen) atoms. The molecular weight excluding hydrogens is 470 g/mol. The summed E-state index contributed by atoms with van der Waals surface area (Å²) in [6, 6.07) is 22.5. The number of nitrogens with one attached hydrogen (secondary N) is 1. The molecule has 7 heteroatoms. The standard InChI is InChI=1S/C28H25N5S2/c29-15-19-9-11-20(12-10-19)17-34-26-22(16-30)28(13-5-2-6-14-28)24(25(31)33-26)27-32-23(18-35-27)21-7-3-1-4-8-21/h1,3-4,7-12,18,24H,2,5-6,13-14,17H2,(H2,31,33)/p+1/t24-/m0/s1. The maximum Gasteiger partial charge on any atom is 0.257 e. The zero-order valence-corrected chi connectivity index (χ0v) is 21.0. The summed E-state index contributed by atoms with van der Waals surface area (Å²) in [4.78, 5) is 8.43. The average molecular weight is 497 g/mol. The molecule has 1 aliphatic heterocycles. The van der Waals surface area contributed by atoms with Gasteiger partial charge in [-0.25, -0.2) is 9.98 Å². The Morgan fingerprint density at radius 1 is 1.03 bits per heavy atom. The molecule has 3 aromatic rings. The number of rotatable bonds is 5. The fourth-order valence-corrected chi connectivity index (χ4v) is 7.44. The zero-order chi connectivity index (χ0) is 24.3. The van der Waals surface area contributed by atoms with E-state index in [-0.39, 0.29) is 11.3 Å². The van der Waals surface area contributed by atoms with E-state index in [4.69, 9.17) is 16.0 Å². The first-order valence-electron chi connectivity index (χ1n) is 11.8. The smallest absolute Gasteiger partial charge is 0.257 e.